The van der Waals surface area contributed by atoms with Crippen LogP contribution in [0, 0.1) is 0 Å². The fourth-order valence-corrected chi connectivity index (χ4v) is 2.15. The van der Waals surface area contributed by atoms with Gasteiger partial charge in [0.05, 0.1) is 12.6 Å². The molecule has 19 heavy (non-hydrogen) atoms. The van der Waals surface area contributed by atoms with Crippen molar-refractivity contribution in [1.82, 2.24) is 4.90 Å². The highest BCUT2D eigenvalue weighted by Gasteiger charge is 2.43. The van der Waals surface area contributed by atoms with Gasteiger partial charge in [-0.3, -0.25) is 4.90 Å². The van der Waals surface area contributed by atoms with Gasteiger partial charge in [0.2, 0.25) is 0 Å². The molecule has 0 N–H and O–H groups in total. The fourth-order valence-electron chi connectivity index (χ4n) is 2.15. The van der Waals surface area contributed by atoms with Crippen LogP contribution in [0.3, 0.4) is 0 Å². The number of amides is 1. The summed E-state index contributed by atoms with van der Waals surface area (Å²) in [5.74, 6) is 0. The maximum absolute atomic E-state index is 12.2. The average molecular weight is 261 g/mol. The van der Waals surface area contributed by atoms with E-state index in [9.17, 15) is 4.79 Å². The average Bonchev–Trinajstić information content (AvgIpc) is 2.72. The minimum absolute atomic E-state index is 0.140. The van der Waals surface area contributed by atoms with Crippen LogP contribution in [-0.4, -0.2) is 29.4 Å². The van der Waals surface area contributed by atoms with Crippen LogP contribution in [0.25, 0.3) is 0 Å². The Morgan fingerprint density at radius 2 is 2.21 bits per heavy atom. The molecule has 1 fully saturated rings. The molecule has 1 aliphatic rings. The molecule has 0 bridgehead atoms. The first-order valence-corrected chi connectivity index (χ1v) is 6.31. The van der Waals surface area contributed by atoms with E-state index in [1.165, 1.54) is 0 Å². The predicted octanol–water partition coefficient (Wildman–Crippen LogP) is 2.95. The number of hydrogen-bond acceptors (Lipinski definition) is 3. The molecule has 1 aliphatic heterocycles. The van der Waals surface area contributed by atoms with Crippen molar-refractivity contribution < 1.29 is 14.3 Å². The van der Waals surface area contributed by atoms with E-state index in [0.29, 0.717) is 6.61 Å². The summed E-state index contributed by atoms with van der Waals surface area (Å²) < 4.78 is 10.9. The molecule has 4 heteroatoms. The molecule has 0 aromatic heterocycles. The summed E-state index contributed by atoms with van der Waals surface area (Å²) in [6.45, 7) is 8.14. The molecule has 1 aromatic carbocycles. The van der Waals surface area contributed by atoms with Gasteiger partial charge in [-0.05, 0) is 19.4 Å². The quantitative estimate of drug-likeness (QED) is 0.785. The van der Waals surface area contributed by atoms with Crippen LogP contribution < -0.4 is 0 Å². The Hall–Kier alpha value is -1.81. The van der Waals surface area contributed by atoms with E-state index in [1.807, 2.05) is 44.2 Å². The SMILES string of the molecule is C=C[C@H]1COC(C)(C)N1C(=O)OCc1ccccc1. The predicted molar refractivity (Wildman–Crippen MR) is 72.5 cm³/mol. The Morgan fingerprint density at radius 3 is 2.84 bits per heavy atom. The molecule has 1 heterocycles. The normalized spacial score (nSPS) is 21.2. The van der Waals surface area contributed by atoms with Crippen molar-refractivity contribution in [2.24, 2.45) is 0 Å². The van der Waals surface area contributed by atoms with E-state index in [0.717, 1.165) is 5.56 Å². The molecule has 4 nitrogen and oxygen atoms in total. The summed E-state index contributed by atoms with van der Waals surface area (Å²) in [6.07, 6.45) is 1.33. The van der Waals surface area contributed by atoms with E-state index < -0.39 is 5.72 Å². The molecule has 0 saturated carbocycles. The van der Waals surface area contributed by atoms with Crippen molar-refractivity contribution in [2.45, 2.75) is 32.2 Å². The van der Waals surface area contributed by atoms with Crippen LogP contribution in [0.2, 0.25) is 0 Å². The largest absolute Gasteiger partial charge is 0.444 e. The third kappa shape index (κ3) is 2.96. The molecule has 0 spiro atoms. The highest BCUT2D eigenvalue weighted by molar-refractivity contribution is 5.69. The zero-order chi connectivity index (χ0) is 13.9. The zero-order valence-electron chi connectivity index (χ0n) is 11.3. The van der Waals surface area contributed by atoms with Gasteiger partial charge in [-0.2, -0.15) is 0 Å². The number of carbonyl (C=O) groups excluding carboxylic acids is 1. The second kappa shape index (κ2) is 5.45. The van der Waals surface area contributed by atoms with E-state index in [-0.39, 0.29) is 18.7 Å². The molecule has 1 amide bonds. The molecule has 2 rings (SSSR count). The van der Waals surface area contributed by atoms with Crippen LogP contribution in [0.5, 0.6) is 0 Å². The van der Waals surface area contributed by atoms with Crippen molar-refractivity contribution in [3.63, 3.8) is 0 Å². The van der Waals surface area contributed by atoms with Gasteiger partial charge in [0.15, 0.2) is 0 Å². The maximum atomic E-state index is 12.2. The smallest absolute Gasteiger partial charge is 0.412 e. The number of ether oxygens (including phenoxy) is 2. The van der Waals surface area contributed by atoms with Gasteiger partial charge in [-0.1, -0.05) is 36.4 Å². The lowest BCUT2D eigenvalue weighted by molar-refractivity contribution is -0.0479. The molecular weight excluding hydrogens is 242 g/mol. The van der Waals surface area contributed by atoms with Gasteiger partial charge in [0, 0.05) is 0 Å². The van der Waals surface area contributed by atoms with Crippen molar-refractivity contribution >= 4 is 6.09 Å². The van der Waals surface area contributed by atoms with Gasteiger partial charge in [0.25, 0.3) is 0 Å². The summed E-state index contributed by atoms with van der Waals surface area (Å²) >= 11 is 0. The third-order valence-corrected chi connectivity index (χ3v) is 3.19. The molecule has 1 saturated heterocycles. The van der Waals surface area contributed by atoms with Crippen LogP contribution in [0.15, 0.2) is 43.0 Å². The highest BCUT2D eigenvalue weighted by Crippen LogP contribution is 2.28. The summed E-state index contributed by atoms with van der Waals surface area (Å²) in [7, 11) is 0. The number of rotatable bonds is 3. The van der Waals surface area contributed by atoms with E-state index in [2.05, 4.69) is 6.58 Å². The zero-order valence-corrected chi connectivity index (χ0v) is 11.3. The Balaban J connectivity index is 2.00. The Labute approximate surface area is 113 Å². The van der Waals surface area contributed by atoms with Gasteiger partial charge < -0.3 is 9.47 Å². The monoisotopic (exact) mass is 261 g/mol. The van der Waals surface area contributed by atoms with Crippen molar-refractivity contribution in [1.29, 1.82) is 0 Å². The van der Waals surface area contributed by atoms with Gasteiger partial charge >= 0.3 is 6.09 Å². The molecule has 0 unspecified atom stereocenters. The lowest BCUT2D eigenvalue weighted by Gasteiger charge is -2.31. The summed E-state index contributed by atoms with van der Waals surface area (Å²) in [5.41, 5.74) is 0.302. The molecular formula is C15H19NO3. The van der Waals surface area contributed by atoms with Gasteiger partial charge in [-0.15, -0.1) is 6.58 Å². The minimum Gasteiger partial charge on any atom is -0.444 e. The second-order valence-electron chi connectivity index (χ2n) is 4.97. The lowest BCUT2D eigenvalue weighted by Crippen LogP contribution is -2.47. The Bertz CT molecular complexity index is 456. The standard InChI is InChI=1S/C15H19NO3/c1-4-13-11-19-15(2,3)16(13)14(17)18-10-12-8-6-5-7-9-12/h4-9,13H,1,10-11H2,2-3H3/t13-/m0/s1. The number of nitrogens with zero attached hydrogens (tertiary/aromatic N) is 1. The Kier molecular flexibility index (Phi) is 3.90. The van der Waals surface area contributed by atoms with Gasteiger partial charge in [0.1, 0.15) is 12.3 Å². The number of carbonyl (C=O) groups is 1. The Morgan fingerprint density at radius 1 is 1.53 bits per heavy atom. The topological polar surface area (TPSA) is 38.8 Å². The number of hydrogen-bond donors (Lipinski definition) is 0. The first-order chi connectivity index (χ1) is 9.04. The van der Waals surface area contributed by atoms with Crippen LogP contribution in [0.4, 0.5) is 4.79 Å². The second-order valence-corrected chi connectivity index (χ2v) is 4.97. The molecule has 1 aromatic rings. The number of benzene rings is 1. The van der Waals surface area contributed by atoms with Crippen LogP contribution >= 0.6 is 0 Å². The summed E-state index contributed by atoms with van der Waals surface area (Å²) in [4.78, 5) is 13.8. The van der Waals surface area contributed by atoms with Crippen LogP contribution in [0.1, 0.15) is 19.4 Å². The van der Waals surface area contributed by atoms with Crippen molar-refractivity contribution in [3.05, 3.63) is 48.6 Å². The fraction of sp³-hybridized carbons (Fsp3) is 0.400. The molecule has 0 aliphatic carbocycles. The molecule has 102 valence electrons. The van der Waals surface area contributed by atoms with Crippen molar-refractivity contribution in [3.8, 4) is 0 Å². The van der Waals surface area contributed by atoms with E-state index in [1.54, 1.807) is 11.0 Å². The maximum Gasteiger partial charge on any atom is 0.412 e. The van der Waals surface area contributed by atoms with Gasteiger partial charge in [-0.25, -0.2) is 4.79 Å². The first kappa shape index (κ1) is 13.6. The van der Waals surface area contributed by atoms with Crippen molar-refractivity contribution in [2.75, 3.05) is 6.61 Å². The van der Waals surface area contributed by atoms with Crippen LogP contribution in [-0.2, 0) is 16.1 Å². The first-order valence-electron chi connectivity index (χ1n) is 6.31. The summed E-state index contributed by atoms with van der Waals surface area (Å²) in [5, 5.41) is 0. The third-order valence-electron chi connectivity index (χ3n) is 3.19. The van der Waals surface area contributed by atoms with E-state index in [4.69, 9.17) is 9.47 Å². The highest BCUT2D eigenvalue weighted by atomic mass is 16.6. The van der Waals surface area contributed by atoms with E-state index >= 15 is 0 Å². The molecule has 1 atom stereocenters. The lowest BCUT2D eigenvalue weighted by atomic mass is 10.2. The summed E-state index contributed by atoms with van der Waals surface area (Å²) in [6, 6.07) is 9.46. The minimum atomic E-state index is -0.660. The molecule has 0 radical (unpaired) electrons.